The third kappa shape index (κ3) is 2.96. The Morgan fingerprint density at radius 3 is 2.39 bits per heavy atom. The number of nitrogens with two attached hydrogens (primary N) is 1. The molecule has 0 unspecified atom stereocenters. The molecular formula is C24H24N2O2. The zero-order valence-corrected chi connectivity index (χ0v) is 16.5. The van der Waals surface area contributed by atoms with E-state index in [1.165, 1.54) is 16.7 Å². The summed E-state index contributed by atoms with van der Waals surface area (Å²) in [4.78, 5) is 12.1. The summed E-state index contributed by atoms with van der Waals surface area (Å²) in [6.07, 6.45) is 0. The first-order valence-electron chi connectivity index (χ1n) is 9.39. The van der Waals surface area contributed by atoms with Crippen molar-refractivity contribution < 1.29 is 9.53 Å². The summed E-state index contributed by atoms with van der Waals surface area (Å²) in [5.41, 5.74) is 13.3. The smallest absolute Gasteiger partial charge is 0.249 e. The molecule has 1 aromatic heterocycles. The number of hydrogen-bond donors (Lipinski definition) is 1. The number of nitrogens with zero attached hydrogens (tertiary/aromatic N) is 1. The van der Waals surface area contributed by atoms with Gasteiger partial charge in [0.1, 0.15) is 0 Å². The van der Waals surface area contributed by atoms with Gasteiger partial charge in [-0.15, -0.1) is 0 Å². The zero-order valence-electron chi connectivity index (χ0n) is 16.5. The number of primary amides is 1. The topological polar surface area (TPSA) is 57.2 Å². The lowest BCUT2D eigenvalue weighted by molar-refractivity contribution is 0.100. The molecule has 0 fully saturated rings. The Balaban J connectivity index is 2.05. The van der Waals surface area contributed by atoms with Crippen molar-refractivity contribution in [1.29, 1.82) is 0 Å². The van der Waals surface area contributed by atoms with E-state index in [4.69, 9.17) is 10.5 Å². The van der Waals surface area contributed by atoms with Crippen molar-refractivity contribution in [3.05, 3.63) is 82.4 Å². The van der Waals surface area contributed by atoms with Crippen LogP contribution in [0.1, 0.15) is 32.6 Å². The third-order valence-corrected chi connectivity index (χ3v) is 5.49. The Hall–Kier alpha value is -3.11. The number of aromatic nitrogens is 1. The minimum Gasteiger partial charge on any atom is -0.380 e. The average molecular weight is 372 g/mol. The fraction of sp³-hybridized carbons (Fsp3) is 0.208. The summed E-state index contributed by atoms with van der Waals surface area (Å²) < 4.78 is 7.61. The number of rotatable bonds is 5. The highest BCUT2D eigenvalue weighted by Gasteiger charge is 2.17. The van der Waals surface area contributed by atoms with Crippen LogP contribution in [0.25, 0.3) is 21.8 Å². The number of methoxy groups -OCH3 is 1. The summed E-state index contributed by atoms with van der Waals surface area (Å²) >= 11 is 0. The highest BCUT2D eigenvalue weighted by molar-refractivity contribution is 6.18. The molecule has 1 amide bonds. The van der Waals surface area contributed by atoms with E-state index in [9.17, 15) is 4.79 Å². The fourth-order valence-corrected chi connectivity index (χ4v) is 4.08. The van der Waals surface area contributed by atoms with E-state index in [0.29, 0.717) is 12.2 Å². The molecule has 28 heavy (non-hydrogen) atoms. The predicted molar refractivity (Wildman–Crippen MR) is 114 cm³/mol. The molecule has 3 aromatic carbocycles. The molecule has 0 radical (unpaired) electrons. The van der Waals surface area contributed by atoms with Crippen LogP contribution >= 0.6 is 0 Å². The van der Waals surface area contributed by atoms with Crippen LogP contribution in [0, 0.1) is 13.8 Å². The van der Waals surface area contributed by atoms with Crippen molar-refractivity contribution in [3.63, 3.8) is 0 Å². The van der Waals surface area contributed by atoms with E-state index >= 15 is 0 Å². The summed E-state index contributed by atoms with van der Waals surface area (Å²) in [5, 5.41) is 1.95. The molecule has 0 spiro atoms. The first-order chi connectivity index (χ1) is 13.5. The van der Waals surface area contributed by atoms with Gasteiger partial charge in [-0.3, -0.25) is 4.79 Å². The molecule has 4 nitrogen and oxygen atoms in total. The lowest BCUT2D eigenvalue weighted by Crippen LogP contribution is -2.11. The quantitative estimate of drug-likeness (QED) is 0.552. The van der Waals surface area contributed by atoms with Crippen LogP contribution in [0.5, 0.6) is 0 Å². The molecule has 0 aliphatic carbocycles. The van der Waals surface area contributed by atoms with E-state index in [1.807, 2.05) is 12.1 Å². The maximum Gasteiger partial charge on any atom is 0.249 e. The molecule has 4 aromatic rings. The van der Waals surface area contributed by atoms with Crippen LogP contribution in [-0.4, -0.2) is 17.6 Å². The maximum absolute atomic E-state index is 12.1. The Labute approximate surface area is 164 Å². The summed E-state index contributed by atoms with van der Waals surface area (Å²) in [6, 6.07) is 18.4. The second-order valence-corrected chi connectivity index (χ2v) is 7.30. The second kappa shape index (κ2) is 7.13. The van der Waals surface area contributed by atoms with Gasteiger partial charge < -0.3 is 15.0 Å². The molecule has 4 rings (SSSR count). The molecule has 2 N–H and O–H groups in total. The lowest BCUT2D eigenvalue weighted by Gasteiger charge is -2.13. The standard InChI is InChI=1S/C24H24N2O2/c1-15-6-4-7-16(2)20(15)13-26-21-9-5-8-19(24(25)27)23(21)18-11-10-17(14-28-3)12-22(18)26/h4-12H,13-14H2,1-3H3,(H2,25,27). The third-order valence-electron chi connectivity index (χ3n) is 5.49. The van der Waals surface area contributed by atoms with Crippen LogP contribution < -0.4 is 5.73 Å². The number of aryl methyl sites for hydroxylation is 2. The molecule has 1 heterocycles. The van der Waals surface area contributed by atoms with E-state index in [1.54, 1.807) is 13.2 Å². The number of carbonyl (C=O) groups is 1. The van der Waals surface area contributed by atoms with Gasteiger partial charge in [0.25, 0.3) is 0 Å². The molecule has 4 heteroatoms. The molecule has 0 atom stereocenters. The number of hydrogen-bond acceptors (Lipinski definition) is 2. The molecule has 0 saturated carbocycles. The number of carbonyl (C=O) groups excluding carboxylic acids is 1. The first kappa shape index (κ1) is 18.3. The Morgan fingerprint density at radius 1 is 1.00 bits per heavy atom. The number of amides is 1. The average Bonchev–Trinajstić information content (AvgIpc) is 2.98. The first-order valence-corrected chi connectivity index (χ1v) is 9.39. The van der Waals surface area contributed by atoms with Gasteiger partial charge in [0.05, 0.1) is 12.1 Å². The van der Waals surface area contributed by atoms with Gasteiger partial charge >= 0.3 is 0 Å². The molecule has 142 valence electrons. The minimum atomic E-state index is -0.405. The van der Waals surface area contributed by atoms with Gasteiger partial charge in [0.15, 0.2) is 0 Å². The Bertz CT molecular complexity index is 1180. The van der Waals surface area contributed by atoms with Gasteiger partial charge in [-0.1, -0.05) is 36.4 Å². The number of ether oxygens (including phenoxy) is 1. The summed E-state index contributed by atoms with van der Waals surface area (Å²) in [5.74, 6) is -0.405. The van der Waals surface area contributed by atoms with Crippen molar-refractivity contribution in [3.8, 4) is 0 Å². The van der Waals surface area contributed by atoms with E-state index in [2.05, 4.69) is 54.8 Å². The van der Waals surface area contributed by atoms with Crippen LogP contribution in [0.4, 0.5) is 0 Å². The van der Waals surface area contributed by atoms with Crippen molar-refractivity contribution in [2.45, 2.75) is 27.0 Å². The van der Waals surface area contributed by atoms with Crippen molar-refractivity contribution in [2.75, 3.05) is 7.11 Å². The molecule has 0 aliphatic heterocycles. The van der Waals surface area contributed by atoms with Gasteiger partial charge in [0, 0.05) is 35.5 Å². The van der Waals surface area contributed by atoms with E-state index < -0.39 is 5.91 Å². The molecular weight excluding hydrogens is 348 g/mol. The Morgan fingerprint density at radius 2 is 1.71 bits per heavy atom. The second-order valence-electron chi connectivity index (χ2n) is 7.30. The SMILES string of the molecule is COCc1ccc2c3c(C(N)=O)cccc3n(Cc3c(C)cccc3C)c2c1. The number of benzene rings is 3. The van der Waals surface area contributed by atoms with Crippen molar-refractivity contribution >= 4 is 27.7 Å². The predicted octanol–water partition coefficient (Wildman–Crippen LogP) is 4.70. The van der Waals surface area contributed by atoms with Gasteiger partial charge in [-0.05, 0) is 54.3 Å². The van der Waals surface area contributed by atoms with Crippen LogP contribution in [0.15, 0.2) is 54.6 Å². The van der Waals surface area contributed by atoms with Crippen LogP contribution in [0.2, 0.25) is 0 Å². The monoisotopic (exact) mass is 372 g/mol. The summed E-state index contributed by atoms with van der Waals surface area (Å²) in [6.45, 7) is 5.56. The largest absolute Gasteiger partial charge is 0.380 e. The molecule has 0 saturated heterocycles. The van der Waals surface area contributed by atoms with Gasteiger partial charge in [-0.25, -0.2) is 0 Å². The fourth-order valence-electron chi connectivity index (χ4n) is 4.08. The Kier molecular flexibility index (Phi) is 4.65. The van der Waals surface area contributed by atoms with Gasteiger partial charge in [0.2, 0.25) is 5.91 Å². The van der Waals surface area contributed by atoms with Gasteiger partial charge in [-0.2, -0.15) is 0 Å². The van der Waals surface area contributed by atoms with Crippen molar-refractivity contribution in [2.24, 2.45) is 5.73 Å². The molecule has 0 aliphatic rings. The lowest BCUT2D eigenvalue weighted by atomic mass is 10.0. The normalized spacial score (nSPS) is 11.4. The molecule has 0 bridgehead atoms. The van der Waals surface area contributed by atoms with E-state index in [0.717, 1.165) is 33.9 Å². The maximum atomic E-state index is 12.1. The van der Waals surface area contributed by atoms with Crippen LogP contribution in [-0.2, 0) is 17.9 Å². The highest BCUT2D eigenvalue weighted by Crippen LogP contribution is 2.33. The number of fused-ring (bicyclic) bond motifs is 3. The van der Waals surface area contributed by atoms with Crippen molar-refractivity contribution in [1.82, 2.24) is 4.57 Å². The van der Waals surface area contributed by atoms with E-state index in [-0.39, 0.29) is 0 Å². The minimum absolute atomic E-state index is 0.405. The highest BCUT2D eigenvalue weighted by atomic mass is 16.5. The zero-order chi connectivity index (χ0) is 19.8. The van der Waals surface area contributed by atoms with Crippen LogP contribution in [0.3, 0.4) is 0 Å². The summed E-state index contributed by atoms with van der Waals surface area (Å²) in [7, 11) is 1.70.